The summed E-state index contributed by atoms with van der Waals surface area (Å²) < 4.78 is 2.00. The zero-order valence-electron chi connectivity index (χ0n) is 8.35. The number of imidazole rings is 1. The standard InChI is InChI=1S/C11H9ClN2OS/c12-7-1-2-9-10(3-7)16-6-8-4-13-11(5-15)14(8)9/h1-4,15H,5-6H2. The Balaban J connectivity index is 2.24. The molecule has 0 unspecified atom stereocenters. The third-order valence-electron chi connectivity index (χ3n) is 2.59. The quantitative estimate of drug-likeness (QED) is 0.848. The van der Waals surface area contributed by atoms with Gasteiger partial charge in [0.2, 0.25) is 0 Å². The van der Waals surface area contributed by atoms with Crippen molar-refractivity contribution in [1.29, 1.82) is 0 Å². The van der Waals surface area contributed by atoms with Crippen LogP contribution in [0.2, 0.25) is 5.02 Å². The molecule has 1 N–H and O–H groups in total. The first-order valence-electron chi connectivity index (χ1n) is 4.88. The Kier molecular flexibility index (Phi) is 2.42. The van der Waals surface area contributed by atoms with Crippen molar-refractivity contribution in [3.8, 4) is 5.69 Å². The lowest BCUT2D eigenvalue weighted by molar-refractivity contribution is 0.269. The molecule has 5 heteroatoms. The molecule has 0 amide bonds. The van der Waals surface area contributed by atoms with E-state index in [0.717, 1.165) is 27.1 Å². The van der Waals surface area contributed by atoms with Crippen LogP contribution in [0.3, 0.4) is 0 Å². The molecule has 2 aromatic rings. The maximum atomic E-state index is 9.25. The predicted molar refractivity (Wildman–Crippen MR) is 64.1 cm³/mol. The zero-order chi connectivity index (χ0) is 11.1. The molecule has 82 valence electrons. The van der Waals surface area contributed by atoms with Crippen molar-refractivity contribution in [3.05, 3.63) is 40.9 Å². The molecule has 0 radical (unpaired) electrons. The summed E-state index contributed by atoms with van der Waals surface area (Å²) in [6, 6.07) is 5.77. The van der Waals surface area contributed by atoms with Crippen LogP contribution in [0.4, 0.5) is 0 Å². The molecule has 3 nitrogen and oxygen atoms in total. The first kappa shape index (κ1) is 10.2. The van der Waals surface area contributed by atoms with E-state index in [0.29, 0.717) is 5.82 Å². The second kappa shape index (κ2) is 3.80. The minimum Gasteiger partial charge on any atom is -0.388 e. The summed E-state index contributed by atoms with van der Waals surface area (Å²) in [5, 5.41) is 9.98. The Morgan fingerprint density at radius 2 is 2.38 bits per heavy atom. The van der Waals surface area contributed by atoms with Gasteiger partial charge in [-0.1, -0.05) is 11.6 Å². The van der Waals surface area contributed by atoms with Gasteiger partial charge in [0.05, 0.1) is 11.4 Å². The van der Waals surface area contributed by atoms with Crippen molar-refractivity contribution in [2.24, 2.45) is 0 Å². The molecule has 0 fully saturated rings. The maximum absolute atomic E-state index is 9.25. The lowest BCUT2D eigenvalue weighted by Crippen LogP contribution is -2.09. The third-order valence-corrected chi connectivity index (χ3v) is 3.90. The number of hydrogen-bond donors (Lipinski definition) is 1. The van der Waals surface area contributed by atoms with Crippen LogP contribution in [0.1, 0.15) is 11.5 Å². The molecule has 1 aromatic carbocycles. The molecule has 1 aromatic heterocycles. The second-order valence-corrected chi connectivity index (χ2v) is 5.01. The summed E-state index contributed by atoms with van der Waals surface area (Å²) in [5.41, 5.74) is 2.17. The highest BCUT2D eigenvalue weighted by molar-refractivity contribution is 7.98. The Hall–Kier alpha value is -0.970. The number of benzene rings is 1. The van der Waals surface area contributed by atoms with Gasteiger partial charge in [0.15, 0.2) is 0 Å². The zero-order valence-corrected chi connectivity index (χ0v) is 9.92. The molecule has 16 heavy (non-hydrogen) atoms. The fourth-order valence-electron chi connectivity index (χ4n) is 1.88. The Morgan fingerprint density at radius 3 is 3.19 bits per heavy atom. The van der Waals surface area contributed by atoms with E-state index in [-0.39, 0.29) is 6.61 Å². The van der Waals surface area contributed by atoms with Crippen LogP contribution in [0.15, 0.2) is 29.3 Å². The van der Waals surface area contributed by atoms with E-state index in [1.165, 1.54) is 0 Å². The Morgan fingerprint density at radius 1 is 1.50 bits per heavy atom. The lowest BCUT2D eigenvalue weighted by atomic mass is 10.3. The van der Waals surface area contributed by atoms with Gasteiger partial charge in [-0.15, -0.1) is 11.8 Å². The number of aromatic nitrogens is 2. The molecule has 1 aliphatic rings. The van der Waals surface area contributed by atoms with Gasteiger partial charge >= 0.3 is 0 Å². The third kappa shape index (κ3) is 1.45. The average molecular weight is 253 g/mol. The second-order valence-electron chi connectivity index (χ2n) is 3.56. The van der Waals surface area contributed by atoms with E-state index in [1.807, 2.05) is 29.0 Å². The Labute approximate surface area is 102 Å². The van der Waals surface area contributed by atoms with Crippen LogP contribution in [-0.4, -0.2) is 14.7 Å². The van der Waals surface area contributed by atoms with Crippen LogP contribution in [-0.2, 0) is 12.4 Å². The average Bonchev–Trinajstić information content (AvgIpc) is 2.71. The van der Waals surface area contributed by atoms with Crippen LogP contribution >= 0.6 is 23.4 Å². The SMILES string of the molecule is OCc1ncc2n1-c1ccc(Cl)cc1SC2. The van der Waals surface area contributed by atoms with Crippen molar-refractivity contribution >= 4 is 23.4 Å². The summed E-state index contributed by atoms with van der Waals surface area (Å²) in [6.45, 7) is -0.0489. The highest BCUT2D eigenvalue weighted by Gasteiger charge is 2.19. The van der Waals surface area contributed by atoms with Gasteiger partial charge in [0, 0.05) is 21.9 Å². The van der Waals surface area contributed by atoms with Crippen LogP contribution < -0.4 is 0 Å². The molecule has 1 aliphatic heterocycles. The van der Waals surface area contributed by atoms with Gasteiger partial charge in [-0.05, 0) is 18.2 Å². The molecular weight excluding hydrogens is 244 g/mol. The fraction of sp³-hybridized carbons (Fsp3) is 0.182. The van der Waals surface area contributed by atoms with E-state index in [1.54, 1.807) is 11.8 Å². The first-order chi connectivity index (χ1) is 7.79. The maximum Gasteiger partial charge on any atom is 0.139 e. The summed E-state index contributed by atoms with van der Waals surface area (Å²) >= 11 is 7.71. The number of aliphatic hydroxyl groups is 1. The van der Waals surface area contributed by atoms with Crippen molar-refractivity contribution in [1.82, 2.24) is 9.55 Å². The van der Waals surface area contributed by atoms with E-state index >= 15 is 0 Å². The Bertz CT molecular complexity index is 539. The van der Waals surface area contributed by atoms with Crippen molar-refractivity contribution in [2.75, 3.05) is 0 Å². The summed E-state index contributed by atoms with van der Waals surface area (Å²) in [4.78, 5) is 5.34. The van der Waals surface area contributed by atoms with E-state index < -0.39 is 0 Å². The fourth-order valence-corrected chi connectivity index (χ4v) is 3.14. The summed E-state index contributed by atoms with van der Waals surface area (Å²) in [6.07, 6.45) is 1.82. The van der Waals surface area contributed by atoms with Gasteiger partial charge in [-0.2, -0.15) is 0 Å². The van der Waals surface area contributed by atoms with Crippen LogP contribution in [0.25, 0.3) is 5.69 Å². The molecule has 0 aliphatic carbocycles. The molecule has 0 spiro atoms. The van der Waals surface area contributed by atoms with E-state index in [9.17, 15) is 5.11 Å². The molecule has 0 saturated carbocycles. The van der Waals surface area contributed by atoms with Crippen LogP contribution in [0, 0.1) is 0 Å². The van der Waals surface area contributed by atoms with E-state index in [4.69, 9.17) is 11.6 Å². The minimum absolute atomic E-state index is 0.0489. The van der Waals surface area contributed by atoms with Gasteiger partial charge in [0.1, 0.15) is 12.4 Å². The summed E-state index contributed by atoms with van der Waals surface area (Å²) in [7, 11) is 0. The minimum atomic E-state index is -0.0489. The monoisotopic (exact) mass is 252 g/mol. The normalized spacial score (nSPS) is 13.4. The topological polar surface area (TPSA) is 38.1 Å². The molecule has 3 rings (SSSR count). The van der Waals surface area contributed by atoms with Gasteiger partial charge in [-0.3, -0.25) is 4.57 Å². The number of fused-ring (bicyclic) bond motifs is 3. The molecule has 0 bridgehead atoms. The lowest BCUT2D eigenvalue weighted by Gasteiger charge is -2.19. The number of aliphatic hydroxyl groups excluding tert-OH is 1. The first-order valence-corrected chi connectivity index (χ1v) is 6.25. The number of nitrogens with zero attached hydrogens (tertiary/aromatic N) is 2. The smallest absolute Gasteiger partial charge is 0.139 e. The summed E-state index contributed by atoms with van der Waals surface area (Å²) in [5.74, 6) is 1.54. The van der Waals surface area contributed by atoms with Crippen molar-refractivity contribution < 1.29 is 5.11 Å². The molecule has 0 atom stereocenters. The number of thioether (sulfide) groups is 1. The predicted octanol–water partition coefficient (Wildman–Crippen LogP) is 2.62. The number of rotatable bonds is 1. The van der Waals surface area contributed by atoms with Gasteiger partial charge in [0.25, 0.3) is 0 Å². The highest BCUT2D eigenvalue weighted by atomic mass is 35.5. The molecule has 2 heterocycles. The van der Waals surface area contributed by atoms with Gasteiger partial charge in [-0.25, -0.2) is 4.98 Å². The largest absolute Gasteiger partial charge is 0.388 e. The molecule has 0 saturated heterocycles. The van der Waals surface area contributed by atoms with Crippen molar-refractivity contribution in [2.45, 2.75) is 17.3 Å². The van der Waals surface area contributed by atoms with Gasteiger partial charge < -0.3 is 5.11 Å². The molecular formula is C11H9ClN2OS. The van der Waals surface area contributed by atoms with E-state index in [2.05, 4.69) is 4.98 Å². The number of halogens is 1. The van der Waals surface area contributed by atoms with Crippen molar-refractivity contribution in [3.63, 3.8) is 0 Å². The highest BCUT2D eigenvalue weighted by Crippen LogP contribution is 2.37. The number of hydrogen-bond acceptors (Lipinski definition) is 3. The van der Waals surface area contributed by atoms with Crippen LogP contribution in [0.5, 0.6) is 0 Å².